The lowest BCUT2D eigenvalue weighted by molar-refractivity contribution is 1.23. The molecule has 0 spiro atoms. The Kier molecular flexibility index (Phi) is 4.37. The lowest BCUT2D eigenvalue weighted by Gasteiger charge is -2.25. The van der Waals surface area contributed by atoms with Gasteiger partial charge in [-0.15, -0.1) is 5.54 Å². The highest BCUT2D eigenvalue weighted by Gasteiger charge is 2.41. The van der Waals surface area contributed by atoms with E-state index in [1.165, 1.54) is 22.0 Å². The van der Waals surface area contributed by atoms with E-state index < -0.39 is 8.07 Å². The fraction of sp³-hybridized carbons (Fsp3) is 0.0833. The number of rotatable bonds is 2. The quantitative estimate of drug-likeness (QED) is 0.458. The first-order valence-electron chi connectivity index (χ1n) is 8.78. The Balaban J connectivity index is 1.86. The van der Waals surface area contributed by atoms with Crippen LogP contribution in [0.2, 0.25) is 6.04 Å². The first kappa shape index (κ1) is 15.7. The van der Waals surface area contributed by atoms with Crippen LogP contribution in [-0.2, 0) is 0 Å². The predicted molar refractivity (Wildman–Crippen MR) is 109 cm³/mol. The second-order valence-corrected chi connectivity index (χ2v) is 10.1. The summed E-state index contributed by atoms with van der Waals surface area (Å²) < 4.78 is 0. The molecule has 1 heterocycles. The molecule has 1 unspecified atom stereocenters. The zero-order valence-corrected chi connectivity index (χ0v) is 15.2. The molecule has 1 atom stereocenters. The van der Waals surface area contributed by atoms with E-state index in [0.29, 0.717) is 0 Å². The fourth-order valence-corrected chi connectivity index (χ4v) is 7.77. The van der Waals surface area contributed by atoms with Gasteiger partial charge in [-0.1, -0.05) is 90.9 Å². The molecule has 0 N–H and O–H groups in total. The SMILES string of the molecule is C(#C[Si]1(c2ccccc2)CCC=C1c1ccccc1)c1ccccc1. The maximum Gasteiger partial charge on any atom is 0.200 e. The third-order valence-electron chi connectivity index (χ3n) is 4.87. The smallest absolute Gasteiger partial charge is 0.115 e. The van der Waals surface area contributed by atoms with Crippen LogP contribution in [-0.4, -0.2) is 8.07 Å². The van der Waals surface area contributed by atoms with Gasteiger partial charge in [0.05, 0.1) is 0 Å². The van der Waals surface area contributed by atoms with Crippen LogP contribution in [0.4, 0.5) is 0 Å². The van der Waals surface area contributed by atoms with Crippen LogP contribution in [0.5, 0.6) is 0 Å². The summed E-state index contributed by atoms with van der Waals surface area (Å²) in [5, 5.41) is 2.90. The summed E-state index contributed by atoms with van der Waals surface area (Å²) >= 11 is 0. The Hall–Kier alpha value is -2.82. The van der Waals surface area contributed by atoms with Gasteiger partial charge in [0.25, 0.3) is 0 Å². The standard InChI is InChI=1S/C24H20Si/c1-4-11-21(12-5-1)18-20-25(23-15-8-3-9-16-23)19-10-17-24(25)22-13-6-2-7-14-22/h1-9,11-17H,10,19H2. The third-order valence-corrected chi connectivity index (χ3v) is 9.19. The molecule has 0 fully saturated rings. The number of allylic oxidation sites excluding steroid dienone is 1. The topological polar surface area (TPSA) is 0 Å². The van der Waals surface area contributed by atoms with Crippen LogP contribution >= 0.6 is 0 Å². The molecule has 4 rings (SSSR count). The van der Waals surface area contributed by atoms with Gasteiger partial charge >= 0.3 is 0 Å². The maximum absolute atomic E-state index is 3.80. The molecule has 0 aromatic heterocycles. The van der Waals surface area contributed by atoms with Crippen molar-refractivity contribution in [3.05, 3.63) is 108 Å². The number of hydrogen-bond donors (Lipinski definition) is 0. The van der Waals surface area contributed by atoms with Crippen molar-refractivity contribution in [2.45, 2.75) is 12.5 Å². The lowest BCUT2D eigenvalue weighted by atomic mass is 10.2. The van der Waals surface area contributed by atoms with Crippen molar-refractivity contribution in [3.8, 4) is 11.5 Å². The van der Waals surface area contributed by atoms with Gasteiger partial charge in [0.1, 0.15) is 0 Å². The molecule has 0 aliphatic carbocycles. The molecular weight excluding hydrogens is 316 g/mol. The van der Waals surface area contributed by atoms with Gasteiger partial charge in [0.15, 0.2) is 8.07 Å². The van der Waals surface area contributed by atoms with Crippen LogP contribution < -0.4 is 5.19 Å². The van der Waals surface area contributed by atoms with E-state index in [1.807, 2.05) is 6.07 Å². The molecule has 3 aromatic carbocycles. The molecule has 0 radical (unpaired) electrons. The minimum Gasteiger partial charge on any atom is -0.115 e. The van der Waals surface area contributed by atoms with E-state index in [0.717, 1.165) is 12.0 Å². The molecule has 1 aliphatic heterocycles. The van der Waals surface area contributed by atoms with Crippen LogP contribution in [0.15, 0.2) is 97.1 Å². The van der Waals surface area contributed by atoms with Crippen LogP contribution in [0, 0.1) is 11.5 Å². The van der Waals surface area contributed by atoms with E-state index in [2.05, 4.69) is 102 Å². The van der Waals surface area contributed by atoms with E-state index in [-0.39, 0.29) is 0 Å². The van der Waals surface area contributed by atoms with Crippen molar-refractivity contribution < 1.29 is 0 Å². The molecule has 0 bridgehead atoms. The zero-order chi connectivity index (χ0) is 17.0. The fourth-order valence-electron chi connectivity index (χ4n) is 3.65. The second-order valence-electron chi connectivity index (χ2n) is 6.41. The molecule has 0 saturated carbocycles. The van der Waals surface area contributed by atoms with Gasteiger partial charge in [-0.2, -0.15) is 0 Å². The normalized spacial score (nSPS) is 19.0. The predicted octanol–water partition coefficient (Wildman–Crippen LogP) is 4.96. The molecule has 0 saturated heterocycles. The monoisotopic (exact) mass is 336 g/mol. The highest BCUT2D eigenvalue weighted by molar-refractivity contribution is 7.12. The Morgan fingerprint density at radius 3 is 1.96 bits per heavy atom. The summed E-state index contributed by atoms with van der Waals surface area (Å²) in [6.07, 6.45) is 3.54. The first-order chi connectivity index (χ1) is 12.4. The molecule has 120 valence electrons. The Bertz CT molecular complexity index is 931. The van der Waals surface area contributed by atoms with Gasteiger partial charge in [0, 0.05) is 5.56 Å². The van der Waals surface area contributed by atoms with Gasteiger partial charge < -0.3 is 0 Å². The highest BCUT2D eigenvalue weighted by Crippen LogP contribution is 2.36. The number of benzene rings is 3. The van der Waals surface area contributed by atoms with E-state index >= 15 is 0 Å². The molecule has 25 heavy (non-hydrogen) atoms. The molecule has 1 aliphatic rings. The molecule has 0 amide bonds. The van der Waals surface area contributed by atoms with Gasteiger partial charge in [0.2, 0.25) is 0 Å². The average Bonchev–Trinajstić information content (AvgIpc) is 3.14. The molecule has 1 heteroatoms. The van der Waals surface area contributed by atoms with Gasteiger partial charge in [-0.3, -0.25) is 0 Å². The summed E-state index contributed by atoms with van der Waals surface area (Å²) in [6, 6.07) is 33.3. The lowest BCUT2D eigenvalue weighted by Crippen LogP contribution is -2.46. The summed E-state index contributed by atoms with van der Waals surface area (Å²) in [6.45, 7) is 0. The summed E-state index contributed by atoms with van der Waals surface area (Å²) in [5.74, 6) is 3.50. The van der Waals surface area contributed by atoms with Gasteiger partial charge in [-0.05, 0) is 40.5 Å². The van der Waals surface area contributed by atoms with E-state index in [4.69, 9.17) is 0 Å². The van der Waals surface area contributed by atoms with Crippen molar-refractivity contribution in [2.75, 3.05) is 0 Å². The van der Waals surface area contributed by atoms with E-state index in [1.54, 1.807) is 0 Å². The summed E-state index contributed by atoms with van der Waals surface area (Å²) in [7, 11) is -2.06. The average molecular weight is 337 g/mol. The van der Waals surface area contributed by atoms with Crippen LogP contribution in [0.3, 0.4) is 0 Å². The molecule has 3 aromatic rings. The second kappa shape index (κ2) is 6.97. The Morgan fingerprint density at radius 2 is 1.28 bits per heavy atom. The van der Waals surface area contributed by atoms with E-state index in [9.17, 15) is 0 Å². The van der Waals surface area contributed by atoms with Crippen LogP contribution in [0.1, 0.15) is 17.5 Å². The summed E-state index contributed by atoms with van der Waals surface area (Å²) in [5.41, 5.74) is 6.23. The maximum atomic E-state index is 3.80. The Labute approximate surface area is 150 Å². The highest BCUT2D eigenvalue weighted by atomic mass is 28.3. The van der Waals surface area contributed by atoms with Gasteiger partial charge in [-0.25, -0.2) is 0 Å². The Morgan fingerprint density at radius 1 is 0.680 bits per heavy atom. The van der Waals surface area contributed by atoms with Crippen molar-refractivity contribution in [1.82, 2.24) is 0 Å². The zero-order valence-electron chi connectivity index (χ0n) is 14.2. The minimum absolute atomic E-state index is 1.10. The van der Waals surface area contributed by atoms with Crippen molar-refractivity contribution in [3.63, 3.8) is 0 Å². The van der Waals surface area contributed by atoms with Crippen LogP contribution in [0.25, 0.3) is 5.20 Å². The molecular formula is C24H20Si. The van der Waals surface area contributed by atoms with Crippen molar-refractivity contribution in [2.24, 2.45) is 0 Å². The molecule has 0 nitrogen and oxygen atoms in total. The largest absolute Gasteiger partial charge is 0.200 e. The third kappa shape index (κ3) is 3.09. The summed E-state index contributed by atoms with van der Waals surface area (Å²) in [4.78, 5) is 0. The minimum atomic E-state index is -2.06. The number of hydrogen-bond acceptors (Lipinski definition) is 0. The van der Waals surface area contributed by atoms with Crippen molar-refractivity contribution in [1.29, 1.82) is 0 Å². The van der Waals surface area contributed by atoms with Crippen molar-refractivity contribution >= 4 is 18.5 Å². The first-order valence-corrected chi connectivity index (χ1v) is 11.0.